The van der Waals surface area contributed by atoms with E-state index in [-0.39, 0.29) is 12.0 Å². The molecule has 3 atom stereocenters. The fraction of sp³-hybridized carbons (Fsp3) is 0.583. The zero-order valence-corrected chi connectivity index (χ0v) is 18.2. The van der Waals surface area contributed by atoms with Crippen LogP contribution in [-0.2, 0) is 12.8 Å². The van der Waals surface area contributed by atoms with E-state index in [1.807, 2.05) is 19.1 Å². The first kappa shape index (κ1) is 20.5. The highest BCUT2D eigenvalue weighted by atomic mass is 19.1. The average Bonchev–Trinajstić information content (AvgIpc) is 3.24. The summed E-state index contributed by atoms with van der Waals surface area (Å²) in [6.45, 7) is 4.92. The molecule has 2 N–H and O–H groups in total. The second-order valence-corrected chi connectivity index (χ2v) is 9.29. The lowest BCUT2D eigenvalue weighted by Gasteiger charge is -2.35. The molecule has 0 amide bonds. The Morgan fingerprint density at radius 3 is 2.61 bits per heavy atom. The first-order valence-corrected chi connectivity index (χ1v) is 11.7. The second kappa shape index (κ2) is 8.61. The number of aromatic nitrogens is 2. The van der Waals surface area contributed by atoms with Crippen molar-refractivity contribution in [3.8, 4) is 0 Å². The van der Waals surface area contributed by atoms with Gasteiger partial charge in [-0.15, -0.1) is 0 Å². The number of fused-ring (bicyclic) bond motifs is 1. The van der Waals surface area contributed by atoms with E-state index in [0.29, 0.717) is 19.0 Å². The van der Waals surface area contributed by atoms with Crippen molar-refractivity contribution in [3.05, 3.63) is 35.5 Å². The molecule has 1 aromatic carbocycles. The van der Waals surface area contributed by atoms with Crippen LogP contribution in [0.2, 0.25) is 0 Å². The predicted octanol–water partition coefficient (Wildman–Crippen LogP) is 3.85. The van der Waals surface area contributed by atoms with Crippen LogP contribution < -0.4 is 15.1 Å². The molecule has 2 fully saturated rings. The SMILES string of the molecule is C[C@H]1CCN(c2nc(Nc3ccc(N4CCCC(O)C4)cc3)nc3c2CCC3)C[C@@H]1F. The van der Waals surface area contributed by atoms with Gasteiger partial charge in [0.15, 0.2) is 0 Å². The molecular formula is C24H32FN5O. The van der Waals surface area contributed by atoms with Gasteiger partial charge in [0.05, 0.1) is 18.3 Å². The molecule has 166 valence electrons. The maximum absolute atomic E-state index is 14.4. The number of hydrogen-bond donors (Lipinski definition) is 2. The molecule has 1 unspecified atom stereocenters. The number of hydrogen-bond acceptors (Lipinski definition) is 6. The number of halogens is 1. The van der Waals surface area contributed by atoms with Crippen molar-refractivity contribution >= 4 is 23.1 Å². The summed E-state index contributed by atoms with van der Waals surface area (Å²) in [7, 11) is 0. The lowest BCUT2D eigenvalue weighted by Crippen LogP contribution is -2.41. The summed E-state index contributed by atoms with van der Waals surface area (Å²) in [6, 6.07) is 8.22. The number of aryl methyl sites for hydroxylation is 1. The average molecular weight is 426 g/mol. The Balaban J connectivity index is 1.35. The van der Waals surface area contributed by atoms with E-state index in [0.717, 1.165) is 74.5 Å². The topological polar surface area (TPSA) is 64.5 Å². The largest absolute Gasteiger partial charge is 0.391 e. The third-order valence-electron chi connectivity index (χ3n) is 6.96. The van der Waals surface area contributed by atoms with Crippen molar-refractivity contribution in [1.29, 1.82) is 0 Å². The van der Waals surface area contributed by atoms with E-state index >= 15 is 0 Å². The standard InChI is InChI=1S/C24H32FN5O/c1-16-11-13-30(15-21(16)25)23-20-5-2-6-22(20)27-24(28-23)26-17-7-9-18(10-8-17)29-12-3-4-19(31)14-29/h7-10,16,19,21,31H,2-6,11-15H2,1H3,(H,26,27,28)/t16-,19?,21-/m0/s1. The molecule has 2 aliphatic heterocycles. The molecule has 1 aliphatic carbocycles. The van der Waals surface area contributed by atoms with Gasteiger partial charge in [0.25, 0.3) is 0 Å². The Morgan fingerprint density at radius 1 is 1.00 bits per heavy atom. The van der Waals surface area contributed by atoms with Crippen molar-refractivity contribution in [2.45, 2.75) is 57.7 Å². The van der Waals surface area contributed by atoms with Gasteiger partial charge in [0.2, 0.25) is 5.95 Å². The molecule has 0 spiro atoms. The normalized spacial score (nSPS) is 26.1. The molecule has 6 nitrogen and oxygen atoms in total. The van der Waals surface area contributed by atoms with Gasteiger partial charge in [-0.25, -0.2) is 9.37 Å². The van der Waals surface area contributed by atoms with Gasteiger partial charge in [-0.1, -0.05) is 6.92 Å². The van der Waals surface area contributed by atoms with Crippen molar-refractivity contribution in [2.24, 2.45) is 5.92 Å². The summed E-state index contributed by atoms with van der Waals surface area (Å²) in [5.41, 5.74) is 4.35. The minimum Gasteiger partial charge on any atom is -0.391 e. The molecule has 1 aromatic heterocycles. The van der Waals surface area contributed by atoms with Gasteiger partial charge in [0, 0.05) is 36.6 Å². The Hall–Kier alpha value is -2.41. The van der Waals surface area contributed by atoms with Gasteiger partial charge < -0.3 is 20.2 Å². The van der Waals surface area contributed by atoms with E-state index in [1.54, 1.807) is 0 Å². The van der Waals surface area contributed by atoms with Crippen molar-refractivity contribution in [3.63, 3.8) is 0 Å². The Bertz CT molecular complexity index is 921. The number of rotatable bonds is 4. The summed E-state index contributed by atoms with van der Waals surface area (Å²) in [6.07, 6.45) is 4.72. The lowest BCUT2D eigenvalue weighted by atomic mass is 9.97. The maximum atomic E-state index is 14.4. The maximum Gasteiger partial charge on any atom is 0.229 e. The number of aliphatic hydroxyl groups is 1. The lowest BCUT2D eigenvalue weighted by molar-refractivity contribution is 0.154. The first-order valence-electron chi connectivity index (χ1n) is 11.7. The molecule has 3 heterocycles. The highest BCUT2D eigenvalue weighted by molar-refractivity contribution is 5.62. The number of nitrogens with zero attached hydrogens (tertiary/aromatic N) is 4. The summed E-state index contributed by atoms with van der Waals surface area (Å²) in [4.78, 5) is 14.0. The number of piperidine rings is 2. The molecule has 31 heavy (non-hydrogen) atoms. The molecule has 2 saturated heterocycles. The van der Waals surface area contributed by atoms with Gasteiger partial charge in [0.1, 0.15) is 12.0 Å². The van der Waals surface area contributed by atoms with E-state index in [9.17, 15) is 9.50 Å². The molecule has 0 radical (unpaired) electrons. The van der Waals surface area contributed by atoms with Crippen LogP contribution in [0.3, 0.4) is 0 Å². The van der Waals surface area contributed by atoms with Crippen LogP contribution in [0.25, 0.3) is 0 Å². The third-order valence-corrected chi connectivity index (χ3v) is 6.96. The monoisotopic (exact) mass is 425 g/mol. The fourth-order valence-corrected chi connectivity index (χ4v) is 5.02. The number of nitrogens with one attached hydrogen (secondary N) is 1. The van der Waals surface area contributed by atoms with Crippen LogP contribution in [0.15, 0.2) is 24.3 Å². The number of benzene rings is 1. The summed E-state index contributed by atoms with van der Waals surface area (Å²) >= 11 is 0. The highest BCUT2D eigenvalue weighted by Gasteiger charge is 2.30. The molecule has 7 heteroatoms. The zero-order valence-electron chi connectivity index (χ0n) is 18.2. The van der Waals surface area contributed by atoms with Crippen LogP contribution in [0.5, 0.6) is 0 Å². The van der Waals surface area contributed by atoms with E-state index in [4.69, 9.17) is 9.97 Å². The van der Waals surface area contributed by atoms with Crippen molar-refractivity contribution in [1.82, 2.24) is 9.97 Å². The molecule has 2 aromatic rings. The van der Waals surface area contributed by atoms with Gasteiger partial charge in [-0.2, -0.15) is 4.98 Å². The van der Waals surface area contributed by atoms with Gasteiger partial charge >= 0.3 is 0 Å². The zero-order chi connectivity index (χ0) is 21.4. The predicted molar refractivity (Wildman–Crippen MR) is 122 cm³/mol. The van der Waals surface area contributed by atoms with Gasteiger partial charge in [-0.05, 0) is 68.7 Å². The highest BCUT2D eigenvalue weighted by Crippen LogP contribution is 2.33. The quantitative estimate of drug-likeness (QED) is 0.776. The van der Waals surface area contributed by atoms with Crippen molar-refractivity contribution < 1.29 is 9.50 Å². The van der Waals surface area contributed by atoms with E-state index in [1.165, 1.54) is 5.56 Å². The fourth-order valence-electron chi connectivity index (χ4n) is 5.02. The molecule has 0 bridgehead atoms. The number of alkyl halides is 1. The van der Waals surface area contributed by atoms with E-state index < -0.39 is 6.17 Å². The summed E-state index contributed by atoms with van der Waals surface area (Å²) in [5.74, 6) is 1.62. The summed E-state index contributed by atoms with van der Waals surface area (Å²) in [5, 5.41) is 13.3. The van der Waals surface area contributed by atoms with Crippen LogP contribution >= 0.6 is 0 Å². The van der Waals surface area contributed by atoms with Crippen molar-refractivity contribution in [2.75, 3.05) is 41.3 Å². The Labute approximate surface area is 183 Å². The van der Waals surface area contributed by atoms with Gasteiger partial charge in [-0.3, -0.25) is 0 Å². The molecule has 0 saturated carbocycles. The molecule has 3 aliphatic rings. The van der Waals surface area contributed by atoms with Crippen LogP contribution in [-0.4, -0.2) is 53.5 Å². The molecular weight excluding hydrogens is 393 g/mol. The minimum atomic E-state index is -0.807. The van der Waals surface area contributed by atoms with Crippen LogP contribution in [0.4, 0.5) is 27.5 Å². The minimum absolute atomic E-state index is 0.114. The summed E-state index contributed by atoms with van der Waals surface area (Å²) < 4.78 is 14.4. The Morgan fingerprint density at radius 2 is 1.84 bits per heavy atom. The second-order valence-electron chi connectivity index (χ2n) is 9.29. The Kier molecular flexibility index (Phi) is 5.69. The molecule has 5 rings (SSSR count). The van der Waals surface area contributed by atoms with E-state index in [2.05, 4.69) is 27.2 Å². The number of aliphatic hydroxyl groups excluding tert-OH is 1. The van der Waals surface area contributed by atoms with Crippen LogP contribution in [0.1, 0.15) is 43.9 Å². The number of β-amino-alcohol motifs (C(OH)–C–C–N with tert-alkyl or cyclic N) is 1. The van der Waals surface area contributed by atoms with Crippen LogP contribution in [0, 0.1) is 5.92 Å². The number of anilines is 4. The first-order chi connectivity index (χ1) is 15.1. The smallest absolute Gasteiger partial charge is 0.229 e. The third kappa shape index (κ3) is 4.33.